The van der Waals surface area contributed by atoms with Crippen LogP contribution in [0.5, 0.6) is 5.88 Å². The molecule has 36 heavy (non-hydrogen) atoms. The van der Waals surface area contributed by atoms with Gasteiger partial charge in [-0.1, -0.05) is 0 Å². The number of nitrogens with one attached hydrogen (secondary N) is 3. The van der Waals surface area contributed by atoms with Crippen molar-refractivity contribution < 1.29 is 27.5 Å². The van der Waals surface area contributed by atoms with Crippen LogP contribution in [0.15, 0.2) is 18.2 Å². The molecule has 2 amide bonds. The Hall–Kier alpha value is -4.12. The number of carbonyl (C=O) groups excluding carboxylic acids is 2. The molecule has 0 spiro atoms. The highest BCUT2D eigenvalue weighted by atomic mass is 19.4. The Morgan fingerprint density at radius 3 is 2.53 bits per heavy atom. The number of aromatic nitrogens is 2. The Kier molecular flexibility index (Phi) is 9.39. The number of rotatable bonds is 10. The summed E-state index contributed by atoms with van der Waals surface area (Å²) < 4.78 is 45.6. The van der Waals surface area contributed by atoms with Crippen molar-refractivity contribution in [2.75, 3.05) is 50.2 Å². The molecule has 0 unspecified atom stereocenters. The lowest BCUT2D eigenvalue weighted by Crippen LogP contribution is -2.33. The molecule has 1 atom stereocenters. The molecule has 0 saturated carbocycles. The van der Waals surface area contributed by atoms with Gasteiger partial charge >= 0.3 is 6.18 Å². The zero-order valence-electron chi connectivity index (χ0n) is 20.2. The molecule has 2 rings (SSSR count). The van der Waals surface area contributed by atoms with Gasteiger partial charge in [-0.25, -0.2) is 0 Å². The minimum Gasteiger partial charge on any atom is -0.477 e. The largest absolute Gasteiger partial charge is 0.477 e. The van der Waals surface area contributed by atoms with Crippen molar-refractivity contribution in [1.82, 2.24) is 20.2 Å². The summed E-state index contributed by atoms with van der Waals surface area (Å²) in [6.07, 6.45) is -4.75. The number of hydrogen-bond donors (Lipinski definition) is 4. The summed E-state index contributed by atoms with van der Waals surface area (Å²) in [5.41, 5.74) is 3.94. The number of nitrogens with two attached hydrogens (primary N) is 1. The van der Waals surface area contributed by atoms with Crippen molar-refractivity contribution in [3.63, 3.8) is 0 Å². The molecule has 14 heteroatoms. The van der Waals surface area contributed by atoms with Crippen molar-refractivity contribution in [3.8, 4) is 11.9 Å². The first-order chi connectivity index (χ1) is 16.8. The molecule has 0 bridgehead atoms. The number of ether oxygens (including phenoxy) is 1. The average molecular weight is 509 g/mol. The average Bonchev–Trinajstić information content (AvgIpc) is 2.78. The second kappa shape index (κ2) is 12.0. The molecule has 0 aliphatic rings. The highest BCUT2D eigenvalue weighted by Gasteiger charge is 2.32. The van der Waals surface area contributed by atoms with Gasteiger partial charge in [0.1, 0.15) is 12.1 Å². The third-order valence-electron chi connectivity index (χ3n) is 4.67. The minimum absolute atomic E-state index is 0.0783. The summed E-state index contributed by atoms with van der Waals surface area (Å²) in [5.74, 6) is -1.85. The number of halogens is 3. The molecule has 5 N–H and O–H groups in total. The van der Waals surface area contributed by atoms with E-state index in [1.54, 1.807) is 25.9 Å². The lowest BCUT2D eigenvalue weighted by molar-refractivity contribution is -0.137. The summed E-state index contributed by atoms with van der Waals surface area (Å²) in [5, 5.41) is 17.0. The van der Waals surface area contributed by atoms with E-state index in [0.29, 0.717) is 12.6 Å². The van der Waals surface area contributed by atoms with Crippen LogP contribution in [0.3, 0.4) is 0 Å². The number of nitrogens with zero attached hydrogens (tertiary/aromatic N) is 4. The maximum Gasteiger partial charge on any atom is 0.416 e. The number of alkyl halides is 3. The minimum atomic E-state index is -4.75. The van der Waals surface area contributed by atoms with Crippen LogP contribution in [0.25, 0.3) is 0 Å². The smallest absolute Gasteiger partial charge is 0.416 e. The third kappa shape index (κ3) is 7.70. The SMILES string of the molecule is CCOc1nc(N)nc(N[C@@H](C)C(=O)Nc2cc(C(=O)NCCN(C)C)cc(C(F)(F)F)c2)c1C#N. The Labute approximate surface area is 205 Å². The van der Waals surface area contributed by atoms with Crippen LogP contribution in [0.4, 0.5) is 30.6 Å². The molecule has 0 aliphatic carbocycles. The van der Waals surface area contributed by atoms with Crippen molar-refractivity contribution in [1.29, 1.82) is 5.26 Å². The Bertz CT molecular complexity index is 1150. The molecule has 1 aromatic heterocycles. The molecule has 0 fully saturated rings. The van der Waals surface area contributed by atoms with Gasteiger partial charge in [0.25, 0.3) is 5.91 Å². The Morgan fingerprint density at radius 2 is 1.94 bits per heavy atom. The van der Waals surface area contributed by atoms with E-state index in [-0.39, 0.29) is 47.6 Å². The van der Waals surface area contributed by atoms with E-state index in [1.807, 2.05) is 6.07 Å². The van der Waals surface area contributed by atoms with Gasteiger partial charge in [0.2, 0.25) is 17.7 Å². The Morgan fingerprint density at radius 1 is 1.25 bits per heavy atom. The lowest BCUT2D eigenvalue weighted by Gasteiger charge is -2.18. The first-order valence-electron chi connectivity index (χ1n) is 10.8. The number of benzene rings is 1. The third-order valence-corrected chi connectivity index (χ3v) is 4.67. The van der Waals surface area contributed by atoms with E-state index in [4.69, 9.17) is 10.5 Å². The normalized spacial score (nSPS) is 12.0. The number of nitriles is 1. The second-order valence-corrected chi connectivity index (χ2v) is 7.87. The van der Waals surface area contributed by atoms with Crippen molar-refractivity contribution >= 4 is 29.3 Å². The van der Waals surface area contributed by atoms with Crippen LogP contribution < -0.4 is 26.4 Å². The van der Waals surface area contributed by atoms with Gasteiger partial charge in [-0.2, -0.15) is 28.4 Å². The summed E-state index contributed by atoms with van der Waals surface area (Å²) in [4.78, 5) is 34.7. The summed E-state index contributed by atoms with van der Waals surface area (Å²) >= 11 is 0. The van der Waals surface area contributed by atoms with Crippen LogP contribution in [0.1, 0.15) is 35.3 Å². The van der Waals surface area contributed by atoms with Gasteiger partial charge in [-0.05, 0) is 46.1 Å². The standard InChI is InChI=1S/C22H27F3N8O3/c1-5-36-20-16(11-26)17(31-21(27)32-20)29-12(2)18(34)30-15-9-13(8-14(10-15)22(23,24)25)19(35)28-6-7-33(3)4/h8-10,12H,5-7H2,1-4H3,(H,28,35)(H,30,34)(H3,27,29,31,32)/t12-/m0/s1. The molecular formula is C22H27F3N8O3. The van der Waals surface area contributed by atoms with E-state index < -0.39 is 29.6 Å². The van der Waals surface area contributed by atoms with Gasteiger partial charge in [0.05, 0.1) is 12.2 Å². The maximum absolute atomic E-state index is 13.4. The summed E-state index contributed by atoms with van der Waals surface area (Å²) in [6.45, 7) is 3.98. The topological polar surface area (TPSA) is 158 Å². The highest BCUT2D eigenvalue weighted by Crippen LogP contribution is 2.32. The van der Waals surface area contributed by atoms with Crippen molar-refractivity contribution in [2.45, 2.75) is 26.1 Å². The quantitative estimate of drug-likeness (QED) is 0.377. The number of amides is 2. The number of hydrogen-bond acceptors (Lipinski definition) is 9. The van der Waals surface area contributed by atoms with Crippen LogP contribution in [0, 0.1) is 11.3 Å². The number of likely N-dealkylation sites (N-methyl/N-ethyl adjacent to an activating group) is 1. The fourth-order valence-corrected chi connectivity index (χ4v) is 2.91. The van der Waals surface area contributed by atoms with Gasteiger partial charge in [-0.15, -0.1) is 0 Å². The van der Waals surface area contributed by atoms with Gasteiger partial charge in [0.15, 0.2) is 11.4 Å². The molecule has 11 nitrogen and oxygen atoms in total. The predicted molar refractivity (Wildman–Crippen MR) is 126 cm³/mol. The summed E-state index contributed by atoms with van der Waals surface area (Å²) in [7, 11) is 3.57. The first kappa shape index (κ1) is 28.1. The molecule has 1 aromatic carbocycles. The first-order valence-corrected chi connectivity index (χ1v) is 10.8. The Balaban J connectivity index is 2.27. The lowest BCUT2D eigenvalue weighted by atomic mass is 10.1. The zero-order valence-corrected chi connectivity index (χ0v) is 20.2. The molecule has 2 aromatic rings. The van der Waals surface area contributed by atoms with E-state index in [2.05, 4.69) is 25.9 Å². The summed E-state index contributed by atoms with van der Waals surface area (Å²) in [6, 6.07) is 3.36. The van der Waals surface area contributed by atoms with Gasteiger partial charge in [-0.3, -0.25) is 9.59 Å². The molecule has 1 heterocycles. The van der Waals surface area contributed by atoms with Crippen LogP contribution in [-0.4, -0.2) is 66.5 Å². The maximum atomic E-state index is 13.4. The number of nitrogen functional groups attached to an aromatic ring is 1. The predicted octanol–water partition coefficient (Wildman–Crippen LogP) is 2.08. The van der Waals surface area contributed by atoms with Crippen LogP contribution >= 0.6 is 0 Å². The molecule has 0 saturated heterocycles. The molecular weight excluding hydrogens is 481 g/mol. The molecule has 194 valence electrons. The molecule has 0 radical (unpaired) electrons. The fourth-order valence-electron chi connectivity index (χ4n) is 2.91. The van der Waals surface area contributed by atoms with E-state index in [9.17, 15) is 28.0 Å². The number of anilines is 3. The van der Waals surface area contributed by atoms with Crippen LogP contribution in [0.2, 0.25) is 0 Å². The van der Waals surface area contributed by atoms with Crippen molar-refractivity contribution in [2.24, 2.45) is 0 Å². The van der Waals surface area contributed by atoms with Crippen molar-refractivity contribution in [3.05, 3.63) is 34.9 Å². The number of carbonyl (C=O) groups is 2. The molecule has 0 aliphatic heterocycles. The second-order valence-electron chi connectivity index (χ2n) is 7.87. The van der Waals surface area contributed by atoms with Gasteiger partial charge < -0.3 is 31.3 Å². The zero-order chi connectivity index (χ0) is 27.0. The van der Waals surface area contributed by atoms with E-state index in [0.717, 1.165) is 12.1 Å². The van der Waals surface area contributed by atoms with E-state index in [1.165, 1.54) is 6.92 Å². The van der Waals surface area contributed by atoms with Gasteiger partial charge in [0, 0.05) is 24.3 Å². The van der Waals surface area contributed by atoms with Crippen LogP contribution in [-0.2, 0) is 11.0 Å². The monoisotopic (exact) mass is 508 g/mol. The highest BCUT2D eigenvalue weighted by molar-refractivity contribution is 5.99. The fraction of sp³-hybridized carbons (Fsp3) is 0.409. The van der Waals surface area contributed by atoms with E-state index >= 15 is 0 Å².